The van der Waals surface area contributed by atoms with E-state index in [-0.39, 0.29) is 11.4 Å². The van der Waals surface area contributed by atoms with Gasteiger partial charge in [0.05, 0.1) is 24.1 Å². The summed E-state index contributed by atoms with van der Waals surface area (Å²) in [6, 6.07) is 16.5. The quantitative estimate of drug-likeness (QED) is 0.395. The number of benzene rings is 3. The number of nitro groups is 2. The molecule has 8 heteroatoms. The van der Waals surface area contributed by atoms with E-state index in [1.54, 1.807) is 38.5 Å². The Morgan fingerprint density at radius 1 is 0.667 bits per heavy atom. The number of hydrogen-bond acceptors (Lipinski definition) is 6. The molecule has 3 aromatic rings. The molecule has 0 aliphatic rings. The molecule has 8 nitrogen and oxygen atoms in total. The van der Waals surface area contributed by atoms with Crippen LogP contribution in [0.4, 0.5) is 11.4 Å². The minimum atomic E-state index is -0.430. The summed E-state index contributed by atoms with van der Waals surface area (Å²) >= 11 is 0. The number of methoxy groups -OCH3 is 2. The molecule has 0 aliphatic carbocycles. The van der Waals surface area contributed by atoms with Crippen LogP contribution in [-0.4, -0.2) is 24.1 Å². The zero-order valence-electron chi connectivity index (χ0n) is 16.5. The molecule has 0 amide bonds. The summed E-state index contributed by atoms with van der Waals surface area (Å²) in [6.45, 7) is 0. The highest BCUT2D eigenvalue weighted by atomic mass is 16.6. The van der Waals surface area contributed by atoms with Gasteiger partial charge in [-0.3, -0.25) is 20.2 Å². The Morgan fingerprint density at radius 3 is 1.27 bits per heavy atom. The van der Waals surface area contributed by atoms with Crippen molar-refractivity contribution in [2.45, 2.75) is 12.8 Å². The molecule has 0 bridgehead atoms. The van der Waals surface area contributed by atoms with E-state index in [0.717, 1.165) is 22.3 Å². The number of hydrogen-bond donors (Lipinski definition) is 0. The van der Waals surface area contributed by atoms with Gasteiger partial charge >= 0.3 is 0 Å². The van der Waals surface area contributed by atoms with Crippen molar-refractivity contribution in [2.24, 2.45) is 0 Å². The van der Waals surface area contributed by atoms with Crippen LogP contribution in [0.5, 0.6) is 11.5 Å². The largest absolute Gasteiger partial charge is 0.496 e. The Hall–Kier alpha value is -3.94. The summed E-state index contributed by atoms with van der Waals surface area (Å²) in [5.41, 5.74) is 3.67. The third-order valence-electron chi connectivity index (χ3n) is 4.77. The lowest BCUT2D eigenvalue weighted by Gasteiger charge is -2.15. The maximum Gasteiger partial charge on any atom is 0.269 e. The average molecular weight is 408 g/mol. The third kappa shape index (κ3) is 4.72. The van der Waals surface area contributed by atoms with Crippen molar-refractivity contribution in [2.75, 3.05) is 14.2 Å². The third-order valence-corrected chi connectivity index (χ3v) is 4.77. The van der Waals surface area contributed by atoms with E-state index >= 15 is 0 Å². The molecule has 0 atom stereocenters. The van der Waals surface area contributed by atoms with Crippen LogP contribution in [0.2, 0.25) is 0 Å². The number of non-ortho nitro benzene ring substituents is 2. The highest BCUT2D eigenvalue weighted by Gasteiger charge is 2.14. The molecule has 30 heavy (non-hydrogen) atoms. The zero-order valence-corrected chi connectivity index (χ0v) is 16.5. The number of ether oxygens (including phenoxy) is 2. The number of rotatable bonds is 8. The summed E-state index contributed by atoms with van der Waals surface area (Å²) < 4.78 is 11.1. The first-order chi connectivity index (χ1) is 14.4. The lowest BCUT2D eigenvalue weighted by molar-refractivity contribution is -0.385. The topological polar surface area (TPSA) is 105 Å². The Kier molecular flexibility index (Phi) is 6.26. The van der Waals surface area contributed by atoms with Crippen LogP contribution < -0.4 is 9.47 Å². The highest BCUT2D eigenvalue weighted by molar-refractivity contribution is 5.50. The van der Waals surface area contributed by atoms with Crippen molar-refractivity contribution in [1.29, 1.82) is 0 Å². The molecule has 0 aliphatic heterocycles. The van der Waals surface area contributed by atoms with Crippen LogP contribution in [0.25, 0.3) is 0 Å². The van der Waals surface area contributed by atoms with Crippen molar-refractivity contribution in [1.82, 2.24) is 0 Å². The molecule has 0 heterocycles. The molecule has 0 unspecified atom stereocenters. The molecular weight excluding hydrogens is 388 g/mol. The van der Waals surface area contributed by atoms with E-state index in [1.165, 1.54) is 24.3 Å². The van der Waals surface area contributed by atoms with Gasteiger partial charge in [0.2, 0.25) is 0 Å². The summed E-state index contributed by atoms with van der Waals surface area (Å²) in [5, 5.41) is 21.7. The molecule has 0 saturated heterocycles. The van der Waals surface area contributed by atoms with Crippen molar-refractivity contribution in [3.63, 3.8) is 0 Å². The molecule has 0 aromatic heterocycles. The van der Waals surface area contributed by atoms with Gasteiger partial charge < -0.3 is 9.47 Å². The minimum absolute atomic E-state index is 0.0433. The van der Waals surface area contributed by atoms with Crippen molar-refractivity contribution < 1.29 is 19.3 Å². The first-order valence-corrected chi connectivity index (χ1v) is 9.11. The Labute approximate surface area is 173 Å². The lowest BCUT2D eigenvalue weighted by atomic mass is 9.98. The van der Waals surface area contributed by atoms with Crippen molar-refractivity contribution in [3.05, 3.63) is 103 Å². The zero-order chi connectivity index (χ0) is 21.7. The van der Waals surface area contributed by atoms with Crippen LogP contribution in [0.1, 0.15) is 22.3 Å². The molecule has 0 saturated carbocycles. The predicted molar refractivity (Wildman–Crippen MR) is 111 cm³/mol. The van der Waals surface area contributed by atoms with Gasteiger partial charge in [-0.1, -0.05) is 24.3 Å². The van der Waals surface area contributed by atoms with Gasteiger partial charge in [-0.2, -0.15) is 0 Å². The van der Waals surface area contributed by atoms with Gasteiger partial charge in [-0.05, 0) is 23.3 Å². The van der Waals surface area contributed by atoms with E-state index in [0.29, 0.717) is 24.3 Å². The standard InChI is InChI=1S/C22H20N2O6/c1-29-21-13-18(12-16-5-9-20(10-6-16)24(27)28)22(30-2)14-17(21)11-15-3-7-19(8-4-15)23(25)26/h3-10,13-14H,11-12H2,1-2H3. The monoisotopic (exact) mass is 408 g/mol. The maximum atomic E-state index is 10.8. The van der Waals surface area contributed by atoms with Crippen LogP contribution in [0.15, 0.2) is 60.7 Å². The first kappa shape index (κ1) is 20.8. The first-order valence-electron chi connectivity index (χ1n) is 9.11. The molecule has 3 aromatic carbocycles. The molecule has 0 fully saturated rings. The van der Waals surface area contributed by atoms with Crippen molar-refractivity contribution >= 4 is 11.4 Å². The summed E-state index contributed by atoms with van der Waals surface area (Å²) in [4.78, 5) is 20.8. The second-order valence-electron chi connectivity index (χ2n) is 6.68. The van der Waals surface area contributed by atoms with Gasteiger partial charge in [0.15, 0.2) is 0 Å². The minimum Gasteiger partial charge on any atom is -0.496 e. The Balaban J connectivity index is 1.87. The molecule has 3 rings (SSSR count). The lowest BCUT2D eigenvalue weighted by Crippen LogP contribution is -2.00. The normalized spacial score (nSPS) is 10.5. The van der Waals surface area contributed by atoms with Gasteiger partial charge in [-0.15, -0.1) is 0 Å². The Morgan fingerprint density at radius 2 is 1.00 bits per heavy atom. The Bertz CT molecular complexity index is 975. The van der Waals surface area contributed by atoms with E-state index < -0.39 is 9.85 Å². The average Bonchev–Trinajstić information content (AvgIpc) is 2.75. The van der Waals surface area contributed by atoms with Crippen LogP contribution >= 0.6 is 0 Å². The van der Waals surface area contributed by atoms with Gasteiger partial charge in [0.25, 0.3) is 11.4 Å². The second-order valence-corrected chi connectivity index (χ2v) is 6.68. The smallest absolute Gasteiger partial charge is 0.269 e. The van der Waals surface area contributed by atoms with E-state index in [1.807, 2.05) is 12.1 Å². The SMILES string of the molecule is COc1cc(Cc2ccc([N+](=O)[O-])cc2)c(OC)cc1Cc1ccc([N+](=O)[O-])cc1. The second kappa shape index (κ2) is 9.04. The summed E-state index contributed by atoms with van der Waals surface area (Å²) in [6.07, 6.45) is 1.05. The number of nitrogens with zero attached hydrogens (tertiary/aromatic N) is 2. The summed E-state index contributed by atoms with van der Waals surface area (Å²) in [5.74, 6) is 1.34. The predicted octanol–water partition coefficient (Wildman–Crippen LogP) is 4.70. The molecule has 0 spiro atoms. The van der Waals surface area contributed by atoms with Gasteiger partial charge in [-0.25, -0.2) is 0 Å². The van der Waals surface area contributed by atoms with E-state index in [9.17, 15) is 20.2 Å². The maximum absolute atomic E-state index is 10.8. The van der Waals surface area contributed by atoms with E-state index in [4.69, 9.17) is 9.47 Å². The summed E-state index contributed by atoms with van der Waals surface area (Å²) in [7, 11) is 3.16. The number of nitro benzene ring substituents is 2. The molecular formula is C22H20N2O6. The van der Waals surface area contributed by atoms with Crippen LogP contribution in [0.3, 0.4) is 0 Å². The fraction of sp³-hybridized carbons (Fsp3) is 0.182. The van der Waals surface area contributed by atoms with E-state index in [2.05, 4.69) is 0 Å². The fourth-order valence-corrected chi connectivity index (χ4v) is 3.21. The molecule has 0 radical (unpaired) electrons. The molecule has 154 valence electrons. The van der Waals surface area contributed by atoms with Crippen LogP contribution in [0, 0.1) is 20.2 Å². The van der Waals surface area contributed by atoms with Gasteiger partial charge in [0, 0.05) is 48.2 Å². The van der Waals surface area contributed by atoms with Gasteiger partial charge in [0.1, 0.15) is 11.5 Å². The van der Waals surface area contributed by atoms with Crippen molar-refractivity contribution in [3.8, 4) is 11.5 Å². The molecule has 0 N–H and O–H groups in total. The fourth-order valence-electron chi connectivity index (χ4n) is 3.21. The highest BCUT2D eigenvalue weighted by Crippen LogP contribution is 2.32. The van der Waals surface area contributed by atoms with Crippen LogP contribution in [-0.2, 0) is 12.8 Å².